The van der Waals surface area contributed by atoms with Crippen LogP contribution in [-0.4, -0.2) is 28.2 Å². The number of benzene rings is 2. The zero-order valence-corrected chi connectivity index (χ0v) is 18.1. The van der Waals surface area contributed by atoms with Gasteiger partial charge < -0.3 is 11.1 Å². The van der Waals surface area contributed by atoms with Crippen molar-refractivity contribution in [3.63, 3.8) is 0 Å². The fraction of sp³-hybridized carbons (Fsp3) is 0.120. The zero-order chi connectivity index (χ0) is 22.3. The zero-order valence-electron chi connectivity index (χ0n) is 17.3. The third-order valence-electron chi connectivity index (χ3n) is 4.97. The number of Topliss-reactive ketones (excluding diaryl/α,β-unsaturated/α-hetero) is 1. The van der Waals surface area contributed by atoms with Crippen LogP contribution in [0.1, 0.15) is 20.9 Å². The molecular weight excluding hydrogens is 420 g/mol. The molecule has 3 N–H and O–H groups in total. The van der Waals surface area contributed by atoms with Crippen LogP contribution in [0.5, 0.6) is 0 Å². The van der Waals surface area contributed by atoms with Gasteiger partial charge in [-0.15, -0.1) is 11.3 Å². The molecule has 0 aliphatic rings. The molecule has 7 heteroatoms. The van der Waals surface area contributed by atoms with E-state index in [-0.39, 0.29) is 24.7 Å². The van der Waals surface area contributed by atoms with Crippen LogP contribution < -0.4 is 11.1 Å². The highest BCUT2D eigenvalue weighted by Crippen LogP contribution is 2.27. The Labute approximate surface area is 190 Å². The standard InChI is InChI=1S/C25H22N4O2S/c26-14-17-4-6-19(7-5-17)25(31)28-15-22(30)13-24-29-23(16-32-24)21-3-1-2-20(12-21)18-8-10-27-11-9-18/h1-12,16H,13-15,26H2,(H,28,31). The largest absolute Gasteiger partial charge is 0.345 e. The summed E-state index contributed by atoms with van der Waals surface area (Å²) in [4.78, 5) is 33.3. The fourth-order valence-electron chi connectivity index (χ4n) is 3.23. The molecule has 0 radical (unpaired) electrons. The normalized spacial score (nSPS) is 10.7. The Morgan fingerprint density at radius 1 is 0.938 bits per heavy atom. The molecule has 4 aromatic rings. The highest BCUT2D eigenvalue weighted by atomic mass is 32.1. The van der Waals surface area contributed by atoms with Gasteiger partial charge in [0.1, 0.15) is 5.01 Å². The number of thiazole rings is 1. The lowest BCUT2D eigenvalue weighted by Gasteiger charge is -2.05. The number of hydrogen-bond acceptors (Lipinski definition) is 6. The summed E-state index contributed by atoms with van der Waals surface area (Å²) in [5, 5.41) is 5.35. The van der Waals surface area contributed by atoms with Crippen molar-refractivity contribution >= 4 is 23.0 Å². The first-order valence-corrected chi connectivity index (χ1v) is 11.0. The summed E-state index contributed by atoms with van der Waals surface area (Å²) in [5.41, 5.74) is 11.0. The second kappa shape index (κ2) is 10.1. The number of nitrogens with zero attached hydrogens (tertiary/aromatic N) is 2. The van der Waals surface area contributed by atoms with Crippen LogP contribution in [0.25, 0.3) is 22.4 Å². The molecule has 0 aliphatic carbocycles. The quantitative estimate of drug-likeness (QED) is 0.432. The Bertz CT molecular complexity index is 1220. The van der Waals surface area contributed by atoms with Crippen molar-refractivity contribution in [2.75, 3.05) is 6.54 Å². The minimum atomic E-state index is -0.283. The Morgan fingerprint density at radius 2 is 1.69 bits per heavy atom. The number of amides is 1. The molecule has 0 atom stereocenters. The van der Waals surface area contributed by atoms with Crippen LogP contribution in [0.3, 0.4) is 0 Å². The van der Waals surface area contributed by atoms with Crippen LogP contribution in [-0.2, 0) is 17.8 Å². The molecule has 0 spiro atoms. The lowest BCUT2D eigenvalue weighted by molar-refractivity contribution is -0.117. The maximum absolute atomic E-state index is 12.4. The van der Waals surface area contributed by atoms with E-state index in [1.165, 1.54) is 11.3 Å². The Hall–Kier alpha value is -3.68. The molecule has 0 aliphatic heterocycles. The first-order chi connectivity index (χ1) is 15.6. The van der Waals surface area contributed by atoms with E-state index in [0.29, 0.717) is 12.1 Å². The van der Waals surface area contributed by atoms with Crippen LogP contribution in [0.2, 0.25) is 0 Å². The van der Waals surface area contributed by atoms with Gasteiger partial charge in [0.2, 0.25) is 0 Å². The minimum absolute atomic E-state index is 0.0378. The number of ketones is 1. The highest BCUT2D eigenvalue weighted by Gasteiger charge is 2.12. The molecule has 6 nitrogen and oxygen atoms in total. The van der Waals surface area contributed by atoms with Gasteiger partial charge in [0, 0.05) is 35.4 Å². The average molecular weight is 443 g/mol. The Kier molecular flexibility index (Phi) is 6.79. The lowest BCUT2D eigenvalue weighted by atomic mass is 10.0. The molecule has 0 saturated carbocycles. The van der Waals surface area contributed by atoms with Gasteiger partial charge in [-0.2, -0.15) is 0 Å². The van der Waals surface area contributed by atoms with Gasteiger partial charge >= 0.3 is 0 Å². The number of nitrogens with two attached hydrogens (primary N) is 1. The van der Waals surface area contributed by atoms with E-state index in [2.05, 4.69) is 21.4 Å². The van der Waals surface area contributed by atoms with E-state index in [1.807, 2.05) is 35.7 Å². The topological polar surface area (TPSA) is 98.0 Å². The van der Waals surface area contributed by atoms with E-state index in [1.54, 1.807) is 36.7 Å². The van der Waals surface area contributed by atoms with Crippen LogP contribution in [0.4, 0.5) is 0 Å². The summed E-state index contributed by atoms with van der Waals surface area (Å²) in [6, 6.07) is 19.1. The van der Waals surface area contributed by atoms with E-state index >= 15 is 0 Å². The van der Waals surface area contributed by atoms with Gasteiger partial charge in [-0.1, -0.05) is 30.3 Å². The predicted octanol–water partition coefficient (Wildman–Crippen LogP) is 3.87. The number of carbonyl (C=O) groups excluding carboxylic acids is 2. The van der Waals surface area contributed by atoms with Gasteiger partial charge in [-0.3, -0.25) is 14.6 Å². The van der Waals surface area contributed by atoms with Gasteiger partial charge in [-0.05, 0) is 47.0 Å². The predicted molar refractivity (Wildman–Crippen MR) is 126 cm³/mol. The summed E-state index contributed by atoms with van der Waals surface area (Å²) in [7, 11) is 0. The van der Waals surface area contributed by atoms with Crippen LogP contribution in [0, 0.1) is 0 Å². The van der Waals surface area contributed by atoms with E-state index in [4.69, 9.17) is 5.73 Å². The molecule has 0 fully saturated rings. The maximum atomic E-state index is 12.4. The molecule has 0 unspecified atom stereocenters. The molecule has 1 amide bonds. The third-order valence-corrected chi connectivity index (χ3v) is 5.82. The molecular formula is C25H22N4O2S. The number of nitrogens with one attached hydrogen (secondary N) is 1. The van der Waals surface area contributed by atoms with Gasteiger partial charge in [0.05, 0.1) is 18.7 Å². The van der Waals surface area contributed by atoms with Crippen LogP contribution >= 0.6 is 11.3 Å². The Balaban J connectivity index is 1.36. The van der Waals surface area contributed by atoms with E-state index in [0.717, 1.165) is 33.0 Å². The van der Waals surface area contributed by atoms with Gasteiger partial charge in [0.25, 0.3) is 5.91 Å². The SMILES string of the molecule is NCc1ccc(C(=O)NCC(=O)Cc2nc(-c3cccc(-c4ccncc4)c3)cs2)cc1. The van der Waals surface area contributed by atoms with Crippen molar-refractivity contribution in [3.05, 3.63) is 94.6 Å². The highest BCUT2D eigenvalue weighted by molar-refractivity contribution is 7.10. The number of rotatable bonds is 8. The van der Waals surface area contributed by atoms with E-state index < -0.39 is 0 Å². The van der Waals surface area contributed by atoms with Crippen molar-refractivity contribution in [1.29, 1.82) is 0 Å². The first kappa shape index (κ1) is 21.5. The second-order valence-corrected chi connectivity index (χ2v) is 8.19. The molecule has 32 heavy (non-hydrogen) atoms. The summed E-state index contributed by atoms with van der Waals surface area (Å²) < 4.78 is 0. The van der Waals surface area contributed by atoms with Crippen molar-refractivity contribution < 1.29 is 9.59 Å². The maximum Gasteiger partial charge on any atom is 0.251 e. The Morgan fingerprint density at radius 3 is 2.44 bits per heavy atom. The summed E-state index contributed by atoms with van der Waals surface area (Å²) >= 11 is 1.44. The van der Waals surface area contributed by atoms with Gasteiger partial charge in [0.15, 0.2) is 5.78 Å². The molecule has 4 rings (SSSR count). The fourth-order valence-corrected chi connectivity index (χ4v) is 4.06. The van der Waals surface area contributed by atoms with Crippen LogP contribution in [0.15, 0.2) is 78.4 Å². The monoisotopic (exact) mass is 442 g/mol. The second-order valence-electron chi connectivity index (χ2n) is 7.24. The summed E-state index contributed by atoms with van der Waals surface area (Å²) in [6.45, 7) is 0.383. The van der Waals surface area contributed by atoms with Crippen molar-refractivity contribution in [1.82, 2.24) is 15.3 Å². The molecule has 2 aromatic carbocycles. The minimum Gasteiger partial charge on any atom is -0.345 e. The number of pyridine rings is 1. The average Bonchev–Trinajstić information content (AvgIpc) is 3.31. The van der Waals surface area contributed by atoms with E-state index in [9.17, 15) is 9.59 Å². The summed E-state index contributed by atoms with van der Waals surface area (Å²) in [6.07, 6.45) is 3.71. The molecule has 0 bridgehead atoms. The number of hydrogen-bond donors (Lipinski definition) is 2. The van der Waals surface area contributed by atoms with Gasteiger partial charge in [-0.25, -0.2) is 4.98 Å². The number of carbonyl (C=O) groups is 2. The first-order valence-electron chi connectivity index (χ1n) is 10.2. The molecule has 2 heterocycles. The smallest absolute Gasteiger partial charge is 0.251 e. The third kappa shape index (κ3) is 5.32. The lowest BCUT2D eigenvalue weighted by Crippen LogP contribution is -2.30. The summed E-state index contributed by atoms with van der Waals surface area (Å²) in [5.74, 6) is -0.377. The van der Waals surface area contributed by atoms with Crippen molar-refractivity contribution in [2.24, 2.45) is 5.73 Å². The van der Waals surface area contributed by atoms with Crippen molar-refractivity contribution in [3.8, 4) is 22.4 Å². The van der Waals surface area contributed by atoms with Crippen molar-refractivity contribution in [2.45, 2.75) is 13.0 Å². The molecule has 2 aromatic heterocycles. The number of aromatic nitrogens is 2. The molecule has 0 saturated heterocycles. The molecule has 160 valence electrons.